The van der Waals surface area contributed by atoms with Crippen molar-refractivity contribution in [3.63, 3.8) is 0 Å². The molecule has 0 aliphatic carbocycles. The Kier molecular flexibility index (Phi) is 5.39. The summed E-state index contributed by atoms with van der Waals surface area (Å²) in [6.45, 7) is -3.35. The van der Waals surface area contributed by atoms with E-state index in [1.165, 1.54) is 18.2 Å². The molecule has 0 saturated heterocycles. The van der Waals surface area contributed by atoms with Gasteiger partial charge >= 0.3 is 6.72 Å². The number of hydrogen-bond acceptors (Lipinski definition) is 7. The molecule has 0 heterocycles. The van der Waals surface area contributed by atoms with E-state index >= 15 is 0 Å². The van der Waals surface area contributed by atoms with Crippen LogP contribution >= 0.6 is 6.72 Å². The van der Waals surface area contributed by atoms with Crippen LogP contribution in [0.15, 0.2) is 18.2 Å². The molecule has 0 atom stereocenters. The predicted octanol–water partition coefficient (Wildman–Crippen LogP) is 1.58. The van der Waals surface area contributed by atoms with Gasteiger partial charge in [-0.2, -0.15) is 0 Å². The number of alkyl halides is 2. The largest absolute Gasteiger partial charge is 0.508 e. The number of rotatable bonds is 6. The minimum Gasteiger partial charge on any atom is -0.508 e. The van der Waals surface area contributed by atoms with Crippen molar-refractivity contribution >= 4 is 18.5 Å². The Morgan fingerprint density at radius 3 is 2.44 bits per heavy atom. The van der Waals surface area contributed by atoms with Crippen molar-refractivity contribution in [2.45, 2.75) is 12.8 Å². The molecular weight excluding hydrogens is 289 g/mol. The average Bonchev–Trinajstić information content (AvgIpc) is 2.33. The topological polar surface area (TPSA) is 100.0 Å². The van der Waals surface area contributed by atoms with Crippen molar-refractivity contribution in [3.05, 3.63) is 23.8 Å². The number of halogens is 2. The molecule has 5 N–H and O–H groups in total. The quantitative estimate of drug-likeness (QED) is 0.541. The van der Waals surface area contributed by atoms with Gasteiger partial charge in [0.15, 0.2) is 0 Å². The number of benzene rings is 1. The summed E-state index contributed by atoms with van der Waals surface area (Å²) in [6, 6.07) is 3.66. The first-order chi connectivity index (χ1) is 8.40. The van der Waals surface area contributed by atoms with Crippen molar-refractivity contribution in [2.24, 2.45) is 11.8 Å². The van der Waals surface area contributed by atoms with Gasteiger partial charge in [-0.05, 0) is 18.2 Å². The van der Waals surface area contributed by atoms with Gasteiger partial charge in [-0.3, -0.25) is 0 Å². The maximum Gasteiger partial charge on any atom is 0.414 e. The fraction of sp³-hybridized carbons (Fsp3) is 0.250. The Balaban J connectivity index is 2.94. The highest BCUT2D eigenvalue weighted by Gasteiger charge is 2.21. The zero-order valence-electron chi connectivity index (χ0n) is 8.95. The molecule has 1 rings (SSSR count). The lowest BCUT2D eigenvalue weighted by Gasteiger charge is -2.17. The number of phenolic OH excluding ortho intramolecular Hbond substituents is 1. The molecule has 0 amide bonds. The summed E-state index contributed by atoms with van der Waals surface area (Å²) in [6.07, 6.45) is -3.23. The van der Waals surface area contributed by atoms with Gasteiger partial charge in [0.2, 0.25) is 6.43 Å². The summed E-state index contributed by atoms with van der Waals surface area (Å²) in [5, 5.41) is 9.38. The number of hydrogen-bond donors (Lipinski definition) is 3. The third-order valence-corrected chi connectivity index (χ3v) is 3.59. The second-order valence-corrected chi connectivity index (χ2v) is 5.98. The van der Waals surface area contributed by atoms with E-state index in [0.717, 1.165) is 0 Å². The predicted molar refractivity (Wildman–Crippen MR) is 63.3 cm³/mol. The van der Waals surface area contributed by atoms with Crippen LogP contribution in [0, 0.1) is 0 Å². The van der Waals surface area contributed by atoms with Gasteiger partial charge in [0.1, 0.15) is 11.5 Å². The molecule has 0 radical (unpaired) electrons. The molecular formula is C8H11F2N2O4PS. The first kappa shape index (κ1) is 15.2. The van der Waals surface area contributed by atoms with Gasteiger partial charge in [0.25, 0.3) is 0 Å². The highest BCUT2D eigenvalue weighted by Crippen LogP contribution is 2.46. The maximum absolute atomic E-state index is 12.2. The van der Waals surface area contributed by atoms with Gasteiger partial charge in [-0.25, -0.2) is 29.8 Å². The first-order valence-corrected chi connectivity index (χ1v) is 7.12. The van der Waals surface area contributed by atoms with E-state index in [0.29, 0.717) is 0 Å². The molecule has 0 aromatic heterocycles. The summed E-state index contributed by atoms with van der Waals surface area (Å²) in [7, 11) is 0. The van der Waals surface area contributed by atoms with Gasteiger partial charge in [0.05, 0.1) is 0 Å². The van der Waals surface area contributed by atoms with E-state index in [1.54, 1.807) is 0 Å². The Bertz CT molecular complexity index is 455. The van der Waals surface area contributed by atoms with Gasteiger partial charge in [-0.1, -0.05) is 0 Å². The maximum atomic E-state index is 12.2. The summed E-state index contributed by atoms with van der Waals surface area (Å²) >= 11 is 4.73. The summed E-state index contributed by atoms with van der Waals surface area (Å²) < 4.78 is 38.1. The van der Waals surface area contributed by atoms with Crippen LogP contribution in [0.5, 0.6) is 11.5 Å². The molecule has 0 saturated carbocycles. The van der Waals surface area contributed by atoms with E-state index in [2.05, 4.69) is 9.25 Å². The smallest absolute Gasteiger partial charge is 0.414 e. The van der Waals surface area contributed by atoms with Crippen LogP contribution in [0.1, 0.15) is 5.56 Å². The SMILES string of the molecule is NOP(=S)(ON)Oc1ccc(O)c(CC(F)F)c1. The lowest BCUT2D eigenvalue weighted by atomic mass is 10.1. The van der Waals surface area contributed by atoms with Gasteiger partial charge in [-0.15, -0.1) is 0 Å². The van der Waals surface area contributed by atoms with E-state index < -0.39 is 19.6 Å². The Morgan fingerprint density at radius 1 is 1.33 bits per heavy atom. The van der Waals surface area contributed by atoms with E-state index in [9.17, 15) is 13.9 Å². The fourth-order valence-corrected chi connectivity index (χ4v) is 1.91. The van der Waals surface area contributed by atoms with Gasteiger partial charge < -0.3 is 9.63 Å². The molecule has 0 unspecified atom stereocenters. The lowest BCUT2D eigenvalue weighted by molar-refractivity contribution is 0.148. The molecule has 18 heavy (non-hydrogen) atoms. The van der Waals surface area contributed by atoms with Crippen molar-refractivity contribution in [2.75, 3.05) is 0 Å². The fourth-order valence-electron chi connectivity index (χ4n) is 1.15. The van der Waals surface area contributed by atoms with E-state index in [1.807, 2.05) is 0 Å². The van der Waals surface area contributed by atoms with Crippen molar-refractivity contribution in [3.8, 4) is 11.5 Å². The molecule has 0 spiro atoms. The molecule has 1 aromatic rings. The van der Waals surface area contributed by atoms with Crippen LogP contribution in [0.4, 0.5) is 8.78 Å². The number of nitrogens with two attached hydrogens (primary N) is 2. The molecule has 10 heteroatoms. The van der Waals surface area contributed by atoms with Crippen LogP contribution in [0.2, 0.25) is 0 Å². The average molecular weight is 300 g/mol. The standard InChI is InChI=1S/C8H11F2N2O4PS/c9-8(10)4-5-3-6(1-2-7(5)13)14-17(18,15-11)16-12/h1-3,8,13H,4,11-12H2. The zero-order chi connectivity index (χ0) is 13.8. The monoisotopic (exact) mass is 300 g/mol. The Labute approximate surface area is 107 Å². The minimum absolute atomic E-state index is 0.00177. The molecule has 0 fully saturated rings. The van der Waals surface area contributed by atoms with Crippen LogP contribution in [0.25, 0.3) is 0 Å². The second kappa shape index (κ2) is 6.37. The molecule has 6 nitrogen and oxygen atoms in total. The normalized spacial score (nSPS) is 11.8. The first-order valence-electron chi connectivity index (χ1n) is 4.57. The highest BCUT2D eigenvalue weighted by molar-refractivity contribution is 8.07. The van der Waals surface area contributed by atoms with Crippen molar-refractivity contribution in [1.82, 2.24) is 0 Å². The summed E-state index contributed by atoms with van der Waals surface area (Å²) in [5.74, 6) is 9.50. The molecule has 1 aromatic carbocycles. The second-order valence-electron chi connectivity index (χ2n) is 3.14. The van der Waals surface area contributed by atoms with Crippen LogP contribution < -0.4 is 16.3 Å². The van der Waals surface area contributed by atoms with E-state index in [-0.39, 0.29) is 17.1 Å². The van der Waals surface area contributed by atoms with Crippen LogP contribution in [-0.4, -0.2) is 11.5 Å². The zero-order valence-corrected chi connectivity index (χ0v) is 10.7. The molecule has 102 valence electrons. The number of phenols is 1. The van der Waals surface area contributed by atoms with Crippen molar-refractivity contribution < 1.29 is 27.7 Å². The minimum atomic E-state index is -3.35. The highest BCUT2D eigenvalue weighted by atomic mass is 32.5. The van der Waals surface area contributed by atoms with E-state index in [4.69, 9.17) is 28.1 Å². The third-order valence-electron chi connectivity index (χ3n) is 1.90. The molecule has 0 aliphatic heterocycles. The summed E-state index contributed by atoms with van der Waals surface area (Å²) in [4.78, 5) is 0. The van der Waals surface area contributed by atoms with Crippen LogP contribution in [0.3, 0.4) is 0 Å². The lowest BCUT2D eigenvalue weighted by Crippen LogP contribution is -2.09. The Hall–Kier alpha value is -0.830. The van der Waals surface area contributed by atoms with Crippen LogP contribution in [-0.2, 0) is 27.5 Å². The molecule has 0 bridgehead atoms. The number of aromatic hydroxyl groups is 1. The summed E-state index contributed by atoms with van der Waals surface area (Å²) in [5.41, 5.74) is -0.00177. The Morgan fingerprint density at radius 2 is 1.94 bits per heavy atom. The van der Waals surface area contributed by atoms with Crippen molar-refractivity contribution in [1.29, 1.82) is 0 Å². The third kappa shape index (κ3) is 4.13. The van der Waals surface area contributed by atoms with Gasteiger partial charge in [0, 0.05) is 23.8 Å². The molecule has 0 aliphatic rings.